The van der Waals surface area contributed by atoms with Gasteiger partial charge < -0.3 is 9.47 Å². The van der Waals surface area contributed by atoms with Crippen LogP contribution in [0.15, 0.2) is 24.3 Å². The fourth-order valence-electron chi connectivity index (χ4n) is 2.49. The van der Waals surface area contributed by atoms with Gasteiger partial charge in [0.15, 0.2) is 0 Å². The zero-order chi connectivity index (χ0) is 17.7. The molecule has 2 aromatic rings. The minimum atomic E-state index is -0.953. The number of rotatable bonds is 6. The highest BCUT2D eigenvalue weighted by molar-refractivity contribution is 5.72. The van der Waals surface area contributed by atoms with Gasteiger partial charge in [-0.25, -0.2) is 13.2 Å². The highest BCUT2D eigenvalue weighted by Gasteiger charge is 2.12. The lowest BCUT2D eigenvalue weighted by Crippen LogP contribution is -1.97. The summed E-state index contributed by atoms with van der Waals surface area (Å²) in [5, 5.41) is 0. The summed E-state index contributed by atoms with van der Waals surface area (Å²) in [7, 11) is 3.11. The Morgan fingerprint density at radius 1 is 0.875 bits per heavy atom. The fourth-order valence-corrected chi connectivity index (χ4v) is 2.49. The molecule has 0 unspecified atom stereocenters. The van der Waals surface area contributed by atoms with Crippen LogP contribution in [0.4, 0.5) is 13.2 Å². The molecular formula is C19H19F3O2. The van der Waals surface area contributed by atoms with Crippen LogP contribution in [0.3, 0.4) is 0 Å². The molecule has 2 nitrogen and oxygen atoms in total. The monoisotopic (exact) mass is 336 g/mol. The van der Waals surface area contributed by atoms with E-state index in [1.807, 2.05) is 6.92 Å². The molecule has 5 heteroatoms. The van der Waals surface area contributed by atoms with Crippen molar-refractivity contribution in [2.75, 3.05) is 14.2 Å². The predicted molar refractivity (Wildman–Crippen MR) is 88.8 cm³/mol. The Morgan fingerprint density at radius 2 is 1.42 bits per heavy atom. The Hall–Kier alpha value is -2.43. The van der Waals surface area contributed by atoms with Crippen molar-refractivity contribution in [2.45, 2.75) is 19.8 Å². The third kappa shape index (κ3) is 3.91. The van der Waals surface area contributed by atoms with Gasteiger partial charge in [-0.2, -0.15) is 0 Å². The standard InChI is InChI=1S/C19H19F3O2/c1-4-5-15-18(23-2)8-12(9-19(15)24-3)6-7-14-16(21)10-13(20)11-17(14)22/h6-11H,4-5H2,1-3H3. The average molecular weight is 336 g/mol. The molecule has 0 fully saturated rings. The van der Waals surface area contributed by atoms with Crippen LogP contribution in [0.1, 0.15) is 30.0 Å². The summed E-state index contributed by atoms with van der Waals surface area (Å²) in [6, 6.07) is 4.83. The summed E-state index contributed by atoms with van der Waals surface area (Å²) in [6.07, 6.45) is 4.50. The van der Waals surface area contributed by atoms with E-state index in [1.54, 1.807) is 26.4 Å². The Labute approximate surface area is 139 Å². The van der Waals surface area contributed by atoms with Gasteiger partial charge in [-0.15, -0.1) is 0 Å². The Kier molecular flexibility index (Phi) is 5.90. The van der Waals surface area contributed by atoms with Crippen molar-refractivity contribution in [3.63, 3.8) is 0 Å². The van der Waals surface area contributed by atoms with Crippen LogP contribution >= 0.6 is 0 Å². The van der Waals surface area contributed by atoms with Crippen LogP contribution in [0.25, 0.3) is 12.2 Å². The highest BCUT2D eigenvalue weighted by Crippen LogP contribution is 2.32. The van der Waals surface area contributed by atoms with Gasteiger partial charge in [0.1, 0.15) is 29.0 Å². The molecule has 0 spiro atoms. The van der Waals surface area contributed by atoms with E-state index in [9.17, 15) is 13.2 Å². The maximum atomic E-state index is 13.7. The highest BCUT2D eigenvalue weighted by atomic mass is 19.1. The van der Waals surface area contributed by atoms with E-state index < -0.39 is 17.5 Å². The number of halogens is 3. The molecule has 0 N–H and O–H groups in total. The lowest BCUT2D eigenvalue weighted by Gasteiger charge is -2.14. The van der Waals surface area contributed by atoms with Crippen LogP contribution in [0, 0.1) is 17.5 Å². The quantitative estimate of drug-likeness (QED) is 0.671. The maximum absolute atomic E-state index is 13.7. The summed E-state index contributed by atoms with van der Waals surface area (Å²) in [4.78, 5) is 0. The summed E-state index contributed by atoms with van der Waals surface area (Å²) in [5.41, 5.74) is 1.30. The van der Waals surface area contributed by atoms with Gasteiger partial charge in [-0.05, 0) is 30.2 Å². The number of ether oxygens (including phenoxy) is 2. The van der Waals surface area contributed by atoms with E-state index >= 15 is 0 Å². The van der Waals surface area contributed by atoms with Gasteiger partial charge in [0.05, 0.1) is 14.2 Å². The van der Waals surface area contributed by atoms with Gasteiger partial charge in [0.2, 0.25) is 0 Å². The van der Waals surface area contributed by atoms with E-state index in [4.69, 9.17) is 9.47 Å². The Balaban J connectivity index is 2.43. The molecular weight excluding hydrogens is 317 g/mol. The van der Waals surface area contributed by atoms with E-state index in [0.29, 0.717) is 29.2 Å². The normalized spacial score (nSPS) is 11.1. The minimum absolute atomic E-state index is 0.299. The van der Waals surface area contributed by atoms with Crippen molar-refractivity contribution in [3.05, 3.63) is 58.4 Å². The molecule has 0 bridgehead atoms. The van der Waals surface area contributed by atoms with E-state index in [1.165, 1.54) is 12.2 Å². The Bertz CT molecular complexity index is 706. The van der Waals surface area contributed by atoms with Crippen molar-refractivity contribution in [3.8, 4) is 11.5 Å². The zero-order valence-corrected chi connectivity index (χ0v) is 13.8. The van der Waals surface area contributed by atoms with Crippen molar-refractivity contribution in [2.24, 2.45) is 0 Å². The van der Waals surface area contributed by atoms with Gasteiger partial charge in [0, 0.05) is 23.3 Å². The van der Waals surface area contributed by atoms with Crippen LogP contribution in [0.5, 0.6) is 11.5 Å². The zero-order valence-electron chi connectivity index (χ0n) is 13.8. The molecule has 2 aromatic carbocycles. The molecule has 0 aliphatic rings. The first-order chi connectivity index (χ1) is 11.5. The smallest absolute Gasteiger partial charge is 0.136 e. The summed E-state index contributed by atoms with van der Waals surface area (Å²) < 4.78 is 51.1. The predicted octanol–water partition coefficient (Wildman–Crippen LogP) is 5.24. The topological polar surface area (TPSA) is 18.5 Å². The van der Waals surface area contributed by atoms with E-state index in [0.717, 1.165) is 18.4 Å². The summed E-state index contributed by atoms with van der Waals surface area (Å²) in [5.74, 6) is -1.56. The third-order valence-electron chi connectivity index (χ3n) is 3.62. The minimum Gasteiger partial charge on any atom is -0.496 e. The van der Waals surface area contributed by atoms with Crippen LogP contribution < -0.4 is 9.47 Å². The second-order valence-electron chi connectivity index (χ2n) is 5.27. The molecule has 0 aliphatic heterocycles. The molecule has 2 rings (SSSR count). The molecule has 0 saturated carbocycles. The first-order valence-corrected chi connectivity index (χ1v) is 7.57. The summed E-state index contributed by atoms with van der Waals surface area (Å²) >= 11 is 0. The first-order valence-electron chi connectivity index (χ1n) is 7.57. The fraction of sp³-hybridized carbons (Fsp3) is 0.263. The van der Waals surface area contributed by atoms with Crippen LogP contribution in [-0.4, -0.2) is 14.2 Å². The van der Waals surface area contributed by atoms with Gasteiger partial charge >= 0.3 is 0 Å². The van der Waals surface area contributed by atoms with E-state index in [2.05, 4.69) is 0 Å². The lowest BCUT2D eigenvalue weighted by atomic mass is 10.0. The van der Waals surface area contributed by atoms with Gasteiger partial charge in [0.25, 0.3) is 0 Å². The largest absolute Gasteiger partial charge is 0.496 e. The molecule has 0 amide bonds. The molecule has 0 radical (unpaired) electrons. The van der Waals surface area contributed by atoms with Crippen molar-refractivity contribution in [1.82, 2.24) is 0 Å². The average Bonchev–Trinajstić information content (AvgIpc) is 2.54. The maximum Gasteiger partial charge on any atom is 0.136 e. The molecule has 0 aromatic heterocycles. The second kappa shape index (κ2) is 7.90. The Morgan fingerprint density at radius 3 is 1.88 bits per heavy atom. The van der Waals surface area contributed by atoms with Crippen molar-refractivity contribution in [1.29, 1.82) is 0 Å². The van der Waals surface area contributed by atoms with Crippen molar-refractivity contribution < 1.29 is 22.6 Å². The SMILES string of the molecule is CCCc1c(OC)cc(C=Cc2c(F)cc(F)cc2F)cc1OC. The second-order valence-corrected chi connectivity index (χ2v) is 5.27. The summed E-state index contributed by atoms with van der Waals surface area (Å²) in [6.45, 7) is 2.05. The third-order valence-corrected chi connectivity index (χ3v) is 3.62. The van der Waals surface area contributed by atoms with Gasteiger partial charge in [-0.3, -0.25) is 0 Å². The van der Waals surface area contributed by atoms with Crippen molar-refractivity contribution >= 4 is 12.2 Å². The molecule has 0 aliphatic carbocycles. The molecule has 24 heavy (non-hydrogen) atoms. The molecule has 128 valence electrons. The van der Waals surface area contributed by atoms with Gasteiger partial charge in [-0.1, -0.05) is 19.4 Å². The number of methoxy groups -OCH3 is 2. The number of hydrogen-bond acceptors (Lipinski definition) is 2. The van der Waals surface area contributed by atoms with Crippen LogP contribution in [-0.2, 0) is 6.42 Å². The first kappa shape index (κ1) is 17.9. The number of benzene rings is 2. The van der Waals surface area contributed by atoms with E-state index in [-0.39, 0.29) is 5.56 Å². The number of hydrogen-bond donors (Lipinski definition) is 0. The van der Waals surface area contributed by atoms with Crippen LogP contribution in [0.2, 0.25) is 0 Å². The molecule has 0 atom stereocenters. The molecule has 0 saturated heterocycles. The lowest BCUT2D eigenvalue weighted by molar-refractivity contribution is 0.385. The molecule has 0 heterocycles.